The number of thioether (sulfide) groups is 1. The van der Waals surface area contributed by atoms with E-state index in [9.17, 15) is 4.79 Å². The van der Waals surface area contributed by atoms with Gasteiger partial charge in [-0.25, -0.2) is 4.98 Å². The van der Waals surface area contributed by atoms with Crippen LogP contribution in [-0.2, 0) is 4.79 Å². The number of nitrogens with zero attached hydrogens (tertiary/aromatic N) is 2. The summed E-state index contributed by atoms with van der Waals surface area (Å²) in [6.07, 6.45) is 5.44. The topological polar surface area (TPSA) is 96.7 Å². The highest BCUT2D eigenvalue weighted by Gasteiger charge is 2.36. The van der Waals surface area contributed by atoms with Gasteiger partial charge in [0.1, 0.15) is 6.33 Å². The van der Waals surface area contributed by atoms with Crippen LogP contribution < -0.4 is 11.1 Å². The highest BCUT2D eigenvalue weighted by molar-refractivity contribution is 7.99. The van der Waals surface area contributed by atoms with E-state index < -0.39 is 5.54 Å². The Morgan fingerprint density at radius 1 is 1.72 bits per heavy atom. The smallest absolute Gasteiger partial charge is 0.237 e. The lowest BCUT2D eigenvalue weighted by molar-refractivity contribution is -0.124. The van der Waals surface area contributed by atoms with E-state index in [0.29, 0.717) is 6.04 Å². The van der Waals surface area contributed by atoms with Gasteiger partial charge < -0.3 is 11.1 Å². The maximum absolute atomic E-state index is 11.5. The highest BCUT2D eigenvalue weighted by Crippen LogP contribution is 2.25. The van der Waals surface area contributed by atoms with Gasteiger partial charge in [0.05, 0.1) is 5.54 Å². The molecule has 100 valence electrons. The summed E-state index contributed by atoms with van der Waals surface area (Å²) in [5.41, 5.74) is 4.91. The normalized spacial score (nSPS) is 18.5. The van der Waals surface area contributed by atoms with Crippen molar-refractivity contribution in [2.45, 2.75) is 49.3 Å². The molecule has 1 saturated carbocycles. The number of aromatic amines is 1. The second-order valence-electron chi connectivity index (χ2n) is 4.86. The lowest BCUT2D eigenvalue weighted by Crippen LogP contribution is -2.54. The molecule has 18 heavy (non-hydrogen) atoms. The van der Waals surface area contributed by atoms with E-state index in [1.165, 1.54) is 6.33 Å². The van der Waals surface area contributed by atoms with Gasteiger partial charge in [-0.3, -0.25) is 9.89 Å². The highest BCUT2D eigenvalue weighted by atomic mass is 32.2. The number of aromatic nitrogens is 3. The van der Waals surface area contributed by atoms with Crippen LogP contribution in [0.4, 0.5) is 0 Å². The molecule has 1 fully saturated rings. The summed E-state index contributed by atoms with van der Waals surface area (Å²) in [6, 6.07) is 0.476. The van der Waals surface area contributed by atoms with Crippen LogP contribution in [0.25, 0.3) is 0 Å². The molecule has 1 aliphatic carbocycles. The summed E-state index contributed by atoms with van der Waals surface area (Å²) in [4.78, 5) is 15.6. The fourth-order valence-corrected chi connectivity index (χ4v) is 2.52. The van der Waals surface area contributed by atoms with Crippen LogP contribution in [0.3, 0.4) is 0 Å². The first kappa shape index (κ1) is 13.4. The van der Waals surface area contributed by atoms with E-state index >= 15 is 0 Å². The summed E-state index contributed by atoms with van der Waals surface area (Å²) < 4.78 is 0. The number of nitrogens with one attached hydrogen (secondary N) is 2. The summed E-state index contributed by atoms with van der Waals surface area (Å²) in [6.45, 7) is 1.90. The van der Waals surface area contributed by atoms with Gasteiger partial charge in [-0.05, 0) is 32.6 Å². The first-order valence-corrected chi connectivity index (χ1v) is 7.14. The zero-order valence-electron chi connectivity index (χ0n) is 10.5. The predicted octanol–water partition coefficient (Wildman–Crippen LogP) is 0.673. The quantitative estimate of drug-likeness (QED) is 0.476. The second-order valence-corrected chi connectivity index (χ2v) is 5.94. The van der Waals surface area contributed by atoms with Crippen molar-refractivity contribution in [1.29, 1.82) is 0 Å². The van der Waals surface area contributed by atoms with E-state index in [1.54, 1.807) is 11.8 Å². The molecule has 6 nitrogen and oxygen atoms in total. The summed E-state index contributed by atoms with van der Waals surface area (Å²) in [5, 5.41) is 10.7. The number of nitrogens with two attached hydrogens (primary N) is 1. The Kier molecular flexibility index (Phi) is 4.23. The van der Waals surface area contributed by atoms with E-state index in [1.807, 2.05) is 6.92 Å². The number of rotatable bonds is 8. The maximum Gasteiger partial charge on any atom is 0.237 e. The molecular weight excluding hydrogens is 250 g/mol. The molecular formula is C11H19N5OS. The van der Waals surface area contributed by atoms with Crippen molar-refractivity contribution in [2.24, 2.45) is 5.73 Å². The Balaban J connectivity index is 1.73. The molecule has 1 aromatic heterocycles. The Bertz CT molecular complexity index is 392. The number of H-pyrrole nitrogens is 1. The minimum absolute atomic E-state index is 0.265. The van der Waals surface area contributed by atoms with Gasteiger partial charge in [0.2, 0.25) is 5.91 Å². The van der Waals surface area contributed by atoms with Gasteiger partial charge in [0, 0.05) is 11.8 Å². The van der Waals surface area contributed by atoms with Crippen LogP contribution in [0.2, 0.25) is 0 Å². The van der Waals surface area contributed by atoms with Crippen LogP contribution in [0.1, 0.15) is 32.6 Å². The van der Waals surface area contributed by atoms with Crippen LogP contribution in [0, 0.1) is 0 Å². The second kappa shape index (κ2) is 5.71. The van der Waals surface area contributed by atoms with Crippen molar-refractivity contribution in [3.05, 3.63) is 6.33 Å². The standard InChI is InChI=1S/C11H19N5OS/c1-11(9(12)17,15-8-3-4-8)5-2-6-18-10-13-7-14-16-10/h7-8,15H,2-6H2,1H3,(H2,12,17)(H,13,14,16). The summed E-state index contributed by atoms with van der Waals surface area (Å²) in [5.74, 6) is 0.629. The molecule has 0 aromatic carbocycles. The van der Waals surface area contributed by atoms with Gasteiger partial charge in [0.25, 0.3) is 0 Å². The lowest BCUT2D eigenvalue weighted by atomic mass is 9.95. The molecule has 2 rings (SSSR count). The minimum atomic E-state index is -0.580. The third-order valence-electron chi connectivity index (χ3n) is 3.10. The Morgan fingerprint density at radius 2 is 2.50 bits per heavy atom. The predicted molar refractivity (Wildman–Crippen MR) is 70.1 cm³/mol. The first-order chi connectivity index (χ1) is 8.60. The Hall–Kier alpha value is -1.08. The monoisotopic (exact) mass is 269 g/mol. The third-order valence-corrected chi connectivity index (χ3v) is 4.06. The van der Waals surface area contributed by atoms with Gasteiger partial charge in [-0.2, -0.15) is 5.10 Å². The van der Waals surface area contributed by atoms with Crippen LogP contribution >= 0.6 is 11.8 Å². The van der Waals surface area contributed by atoms with E-state index in [0.717, 1.165) is 36.6 Å². The molecule has 0 bridgehead atoms. The van der Waals surface area contributed by atoms with Crippen LogP contribution in [-0.4, -0.2) is 38.4 Å². The maximum atomic E-state index is 11.5. The Morgan fingerprint density at radius 3 is 3.06 bits per heavy atom. The van der Waals surface area contributed by atoms with E-state index in [-0.39, 0.29) is 5.91 Å². The van der Waals surface area contributed by atoms with E-state index in [4.69, 9.17) is 5.73 Å². The molecule has 4 N–H and O–H groups in total. The fraction of sp³-hybridized carbons (Fsp3) is 0.727. The number of carbonyl (C=O) groups is 1. The molecule has 1 aromatic rings. The number of primary amides is 1. The van der Waals surface area contributed by atoms with Crippen molar-refractivity contribution in [2.75, 3.05) is 5.75 Å². The molecule has 0 aliphatic heterocycles. The molecule has 1 aliphatic rings. The Labute approximate surface area is 111 Å². The van der Waals surface area contributed by atoms with Crippen LogP contribution in [0.5, 0.6) is 0 Å². The SMILES string of the molecule is CC(CCCSc1ncn[nH]1)(NC1CC1)C(N)=O. The summed E-state index contributed by atoms with van der Waals surface area (Å²) in [7, 11) is 0. The molecule has 1 atom stereocenters. The first-order valence-electron chi connectivity index (χ1n) is 6.16. The number of hydrogen-bond acceptors (Lipinski definition) is 5. The van der Waals surface area contributed by atoms with Crippen molar-refractivity contribution >= 4 is 17.7 Å². The van der Waals surface area contributed by atoms with Crippen molar-refractivity contribution < 1.29 is 4.79 Å². The van der Waals surface area contributed by atoms with Gasteiger partial charge >= 0.3 is 0 Å². The zero-order chi connectivity index (χ0) is 13.0. The van der Waals surface area contributed by atoms with Gasteiger partial charge in [-0.15, -0.1) is 0 Å². The fourth-order valence-electron chi connectivity index (χ4n) is 1.80. The third kappa shape index (κ3) is 3.71. The molecule has 0 radical (unpaired) electrons. The molecule has 7 heteroatoms. The number of carbonyl (C=O) groups excluding carboxylic acids is 1. The van der Waals surface area contributed by atoms with Crippen molar-refractivity contribution in [3.8, 4) is 0 Å². The van der Waals surface area contributed by atoms with Crippen molar-refractivity contribution in [1.82, 2.24) is 20.5 Å². The molecule has 1 unspecified atom stereocenters. The average molecular weight is 269 g/mol. The number of amides is 1. The average Bonchev–Trinajstić information content (AvgIpc) is 2.97. The molecule has 0 saturated heterocycles. The minimum Gasteiger partial charge on any atom is -0.368 e. The van der Waals surface area contributed by atoms with Gasteiger partial charge in [0.15, 0.2) is 5.16 Å². The lowest BCUT2D eigenvalue weighted by Gasteiger charge is -2.27. The van der Waals surface area contributed by atoms with Crippen LogP contribution in [0.15, 0.2) is 11.5 Å². The zero-order valence-corrected chi connectivity index (χ0v) is 11.3. The molecule has 1 amide bonds. The molecule has 1 heterocycles. The van der Waals surface area contributed by atoms with Crippen molar-refractivity contribution in [3.63, 3.8) is 0 Å². The van der Waals surface area contributed by atoms with Gasteiger partial charge in [-0.1, -0.05) is 11.8 Å². The number of hydrogen-bond donors (Lipinski definition) is 3. The summed E-state index contributed by atoms with van der Waals surface area (Å²) >= 11 is 1.60. The van der Waals surface area contributed by atoms with E-state index in [2.05, 4.69) is 20.5 Å². The largest absolute Gasteiger partial charge is 0.368 e. The molecule has 0 spiro atoms.